The number of carboxylic acid groups (broad SMARTS) is 3. The quantitative estimate of drug-likeness (QED) is 0.0458. The van der Waals surface area contributed by atoms with E-state index in [4.69, 9.17) is 15.3 Å². The number of aryl methyl sites for hydroxylation is 5. The van der Waals surface area contributed by atoms with Crippen LogP contribution in [0.15, 0.2) is 326 Å². The Morgan fingerprint density at radius 3 is 0.828 bits per heavy atom. The lowest BCUT2D eigenvalue weighted by Gasteiger charge is -2.20. The lowest BCUT2D eigenvalue weighted by Crippen LogP contribution is -2.13. The molecular formula is C103H113F7O6. The first-order valence-corrected chi connectivity index (χ1v) is 39.8. The van der Waals surface area contributed by atoms with E-state index in [0.717, 1.165) is 117 Å². The second-order valence-corrected chi connectivity index (χ2v) is 29.8. The van der Waals surface area contributed by atoms with E-state index >= 15 is 0 Å². The molecule has 0 amide bonds. The van der Waals surface area contributed by atoms with Crippen molar-refractivity contribution in [2.24, 2.45) is 0 Å². The van der Waals surface area contributed by atoms with Gasteiger partial charge in [-0.15, -0.1) is 0 Å². The molecule has 5 aliphatic rings. The summed E-state index contributed by atoms with van der Waals surface area (Å²) >= 11 is 0. The van der Waals surface area contributed by atoms with Crippen LogP contribution in [0.4, 0.5) is 30.7 Å². The molecule has 0 aliphatic heterocycles. The van der Waals surface area contributed by atoms with Crippen LogP contribution in [0.5, 0.6) is 0 Å². The summed E-state index contributed by atoms with van der Waals surface area (Å²) in [6.45, 7) is 24.7. The number of allylic oxidation sites excluding steroid dienone is 37. The van der Waals surface area contributed by atoms with Crippen molar-refractivity contribution in [2.45, 2.75) is 199 Å². The fraction of sp³-hybridized carbons (Fsp3) is 0.291. The molecule has 6 nitrogen and oxygen atoms in total. The van der Waals surface area contributed by atoms with Crippen LogP contribution >= 0.6 is 0 Å². The van der Waals surface area contributed by atoms with Gasteiger partial charge in [-0.1, -0.05) is 217 Å². The molecular weight excluding hydrogens is 1470 g/mol. The maximum atomic E-state index is 14.4. The fourth-order valence-corrected chi connectivity index (χ4v) is 13.5. The number of halogens is 7. The minimum absolute atomic E-state index is 0.0628. The van der Waals surface area contributed by atoms with Crippen molar-refractivity contribution >= 4 is 45.8 Å². The van der Waals surface area contributed by atoms with E-state index in [9.17, 15) is 45.1 Å². The molecule has 0 atom stereocenters. The maximum absolute atomic E-state index is 14.4. The number of alkyl halides is 3. The summed E-state index contributed by atoms with van der Waals surface area (Å²) in [5.41, 5.74) is 23.7. The lowest BCUT2D eigenvalue weighted by atomic mass is 9.86. The number of rotatable bonds is 18. The summed E-state index contributed by atoms with van der Waals surface area (Å²) in [6, 6.07) is 40.9. The first kappa shape index (κ1) is 93.7. The molecule has 0 fully saturated rings. The Morgan fingerprint density at radius 2 is 0.552 bits per heavy atom. The molecule has 0 radical (unpaired) electrons. The van der Waals surface area contributed by atoms with Crippen molar-refractivity contribution in [1.29, 1.82) is 0 Å². The summed E-state index contributed by atoms with van der Waals surface area (Å²) in [6.07, 6.45) is 40.2. The lowest BCUT2D eigenvalue weighted by molar-refractivity contribution is -0.133. The predicted molar refractivity (Wildman–Crippen MR) is 469 cm³/mol. The van der Waals surface area contributed by atoms with Crippen LogP contribution < -0.4 is 0 Å². The van der Waals surface area contributed by atoms with E-state index in [-0.39, 0.29) is 34.2 Å². The molecule has 0 spiro atoms. The van der Waals surface area contributed by atoms with Gasteiger partial charge in [-0.05, 0) is 341 Å². The Hall–Kier alpha value is -11.2. The van der Waals surface area contributed by atoms with Crippen molar-refractivity contribution < 1.29 is 60.4 Å². The van der Waals surface area contributed by atoms with Gasteiger partial charge in [0.05, 0.1) is 5.57 Å². The third-order valence-corrected chi connectivity index (χ3v) is 21.2. The Morgan fingerprint density at radius 1 is 0.302 bits per heavy atom. The predicted octanol–water partition coefficient (Wildman–Crippen LogP) is 29.5. The van der Waals surface area contributed by atoms with E-state index in [0.29, 0.717) is 57.9 Å². The molecule has 0 aromatic heterocycles. The van der Waals surface area contributed by atoms with Gasteiger partial charge in [-0.2, -0.15) is 13.2 Å². The number of hydrogen-bond acceptors (Lipinski definition) is 3. The minimum Gasteiger partial charge on any atom is -0.478 e. The maximum Gasteiger partial charge on any atom is 0.419 e. The highest BCUT2D eigenvalue weighted by Gasteiger charge is 2.36. The highest BCUT2D eigenvalue weighted by atomic mass is 19.4. The van der Waals surface area contributed by atoms with Crippen LogP contribution in [0.1, 0.15) is 217 Å². The molecule has 116 heavy (non-hydrogen) atoms. The second-order valence-electron chi connectivity index (χ2n) is 29.8. The number of carboxylic acids is 3. The minimum atomic E-state index is -4.87. The Balaban J connectivity index is 0.000000226. The second kappa shape index (κ2) is 47.0. The molecule has 3 N–H and O–H groups in total. The van der Waals surface area contributed by atoms with Gasteiger partial charge >= 0.3 is 24.1 Å². The van der Waals surface area contributed by atoms with Gasteiger partial charge in [0, 0.05) is 16.7 Å². The van der Waals surface area contributed by atoms with E-state index in [2.05, 4.69) is 97.9 Å². The molecule has 10 rings (SSSR count). The smallest absolute Gasteiger partial charge is 0.419 e. The highest BCUT2D eigenvalue weighted by Crippen LogP contribution is 2.40. The third-order valence-electron chi connectivity index (χ3n) is 21.2. The SMILES string of the molecule is C/C=C(C)/C=C/C(F)=C(C)\C=C1/CCCc2ccccc21.C/C=C(C)/C=C/C(F)=C(C)\C=C1/CCCc2ccccc21.CC(/C=C/C(F)=C(\C=C1/CCCc2ccccc21)C(F)(F)F)=C(/C)C(=O)O.CC(/C=C1\CCCc2ccccc21)=C(F)/C=C/C(C)=C(\C)C(=O)O.CC(=C/C=C/C(C)=C(\C)C(=O)O)/C=C1\CCCc2ccccc21. The Bertz CT molecular complexity index is 4940. The van der Waals surface area contributed by atoms with E-state index in [1.54, 1.807) is 45.1 Å². The largest absolute Gasteiger partial charge is 0.478 e. The van der Waals surface area contributed by atoms with Crippen LogP contribution in [0.3, 0.4) is 0 Å². The molecule has 0 heterocycles. The molecule has 610 valence electrons. The van der Waals surface area contributed by atoms with Crippen molar-refractivity contribution in [1.82, 2.24) is 0 Å². The summed E-state index contributed by atoms with van der Waals surface area (Å²) in [5.74, 6) is -5.18. The summed E-state index contributed by atoms with van der Waals surface area (Å²) < 4.78 is 97.3. The zero-order chi connectivity index (χ0) is 85.2. The zero-order valence-electron chi connectivity index (χ0n) is 69.8. The zero-order valence-corrected chi connectivity index (χ0v) is 69.8. The van der Waals surface area contributed by atoms with Crippen LogP contribution in [-0.2, 0) is 46.5 Å². The monoisotopic (exact) mass is 1580 g/mol. The Labute approximate surface area is 684 Å². The molecule has 0 bridgehead atoms. The standard InChI is InChI=1S/C21H20F4O2.C21H23FO2.C21H24O2.2C20H23F/c1-13(14(2)20(26)27)10-11-19(22)18(21(23,24)25)12-16-8-5-7-15-6-3-4-9-17(15)16;1-14(16(3)21(23)24)11-12-20(22)15(2)13-18-9-6-8-17-7-4-5-10-19(17)18;1-15(8-6-9-16(2)17(3)21(22)23)14-19-12-7-11-18-10-4-5-13-20(18)19;2*1-4-15(2)12-13-20(21)16(3)14-18-10-7-9-17-8-5-6-11-19(17)18/h3-4,6,9-12H,5,7-8H2,1-2H3,(H,26,27);4-5,7,10-13H,6,8-9H2,1-3H3,(H,23,24);4-6,8-10,13-14H,7,11-12H2,1-3H3,(H,22,23);2*4-6,8,11-14H,7,9-10H2,1-3H3/b11-10+,14-13+,16-12+,19-18-;12-11+,16-14+,18-13+,20-15+;9-6+,15-8-,17-16+,19-14+;2*13-12+,15-4+,18-14+,20-16+. The normalized spacial score (nSPS) is 18.4. The van der Waals surface area contributed by atoms with Crippen LogP contribution in [0.2, 0.25) is 0 Å². The molecule has 0 saturated carbocycles. The molecule has 13 heteroatoms. The third kappa shape index (κ3) is 29.6. The average molecular weight is 1580 g/mol. The fourth-order valence-electron chi connectivity index (χ4n) is 13.5. The van der Waals surface area contributed by atoms with E-state index in [1.807, 2.05) is 133 Å². The van der Waals surface area contributed by atoms with Crippen molar-refractivity contribution in [2.75, 3.05) is 0 Å². The Kier molecular flexibility index (Phi) is 38.0. The number of carbonyl (C=O) groups is 3. The first-order chi connectivity index (χ1) is 55.2. The summed E-state index contributed by atoms with van der Waals surface area (Å²) in [5, 5.41) is 26.8. The molecule has 5 aliphatic carbocycles. The van der Waals surface area contributed by atoms with Gasteiger partial charge in [0.25, 0.3) is 0 Å². The van der Waals surface area contributed by atoms with Crippen LogP contribution in [0, 0.1) is 0 Å². The van der Waals surface area contributed by atoms with Crippen molar-refractivity contribution in [3.63, 3.8) is 0 Å². The van der Waals surface area contributed by atoms with Gasteiger partial charge < -0.3 is 15.3 Å². The van der Waals surface area contributed by atoms with Gasteiger partial charge in [0.15, 0.2) is 0 Å². The van der Waals surface area contributed by atoms with Gasteiger partial charge in [-0.3, -0.25) is 0 Å². The van der Waals surface area contributed by atoms with Crippen LogP contribution in [-0.4, -0.2) is 39.4 Å². The van der Waals surface area contributed by atoms with Crippen molar-refractivity contribution in [3.05, 3.63) is 382 Å². The van der Waals surface area contributed by atoms with E-state index in [1.165, 1.54) is 106 Å². The highest BCUT2D eigenvalue weighted by molar-refractivity contribution is 5.88. The van der Waals surface area contributed by atoms with Crippen LogP contribution in [0.25, 0.3) is 27.9 Å². The number of aliphatic carboxylic acids is 3. The number of hydrogen-bond donors (Lipinski definition) is 3. The molecule has 5 aromatic rings. The topological polar surface area (TPSA) is 112 Å². The molecule has 0 saturated heterocycles. The van der Waals surface area contributed by atoms with Gasteiger partial charge in [0.1, 0.15) is 23.3 Å². The number of fused-ring (bicyclic) bond motifs is 5. The van der Waals surface area contributed by atoms with Gasteiger partial charge in [0.2, 0.25) is 0 Å². The average Bonchev–Trinajstić information content (AvgIpc) is 0.832. The molecule has 0 unspecified atom stereocenters. The molecule has 5 aromatic carbocycles. The first-order valence-electron chi connectivity index (χ1n) is 39.8. The van der Waals surface area contributed by atoms with Gasteiger partial charge in [-0.25, -0.2) is 31.9 Å². The summed E-state index contributed by atoms with van der Waals surface area (Å²) in [7, 11) is 0. The van der Waals surface area contributed by atoms with Crippen molar-refractivity contribution in [3.8, 4) is 0 Å². The summed E-state index contributed by atoms with van der Waals surface area (Å²) in [4.78, 5) is 32.7. The number of benzene rings is 5. The van der Waals surface area contributed by atoms with E-state index < -0.39 is 35.5 Å².